The van der Waals surface area contributed by atoms with Crippen LogP contribution in [0.4, 0.5) is 14.6 Å². The fraction of sp³-hybridized carbons (Fsp3) is 0.364. The number of nitrogens with zero attached hydrogens (tertiary/aromatic N) is 4. The summed E-state index contributed by atoms with van der Waals surface area (Å²) in [5.74, 6) is 0.359. The van der Waals surface area contributed by atoms with Gasteiger partial charge in [-0.05, 0) is 12.1 Å². The molecule has 0 aliphatic carbocycles. The highest BCUT2D eigenvalue weighted by Gasteiger charge is 2.14. The fourth-order valence-electron chi connectivity index (χ4n) is 1.61. The fourth-order valence-corrected chi connectivity index (χ4v) is 1.61. The highest BCUT2D eigenvalue weighted by molar-refractivity contribution is 5.71. The van der Waals surface area contributed by atoms with Crippen LogP contribution in [0.25, 0.3) is 11.2 Å². The Morgan fingerprint density at radius 2 is 2.00 bits per heavy atom. The molecule has 0 aliphatic rings. The van der Waals surface area contributed by atoms with Crippen molar-refractivity contribution >= 4 is 17.0 Å². The molecule has 0 spiro atoms. The first-order valence-electron chi connectivity index (χ1n) is 5.42. The summed E-state index contributed by atoms with van der Waals surface area (Å²) in [6.07, 6.45) is 0.535. The Kier molecular flexibility index (Phi) is 3.93. The molecule has 0 aromatic carbocycles. The molecule has 1 N–H and O–H groups in total. The molecule has 2 aromatic rings. The number of halogens is 2. The van der Waals surface area contributed by atoms with Gasteiger partial charge in [0.25, 0.3) is 6.43 Å². The molecule has 2 aromatic heterocycles. The van der Waals surface area contributed by atoms with Crippen LogP contribution in [-0.4, -0.2) is 46.2 Å². The molecule has 7 heteroatoms. The van der Waals surface area contributed by atoms with Crippen LogP contribution in [0.5, 0.6) is 0 Å². The van der Waals surface area contributed by atoms with Crippen molar-refractivity contribution in [3.8, 4) is 0 Å². The molecule has 5 nitrogen and oxygen atoms in total. The summed E-state index contributed by atoms with van der Waals surface area (Å²) < 4.78 is 24.9. The second-order valence-corrected chi connectivity index (χ2v) is 3.63. The topological polar surface area (TPSA) is 62.1 Å². The summed E-state index contributed by atoms with van der Waals surface area (Å²) >= 11 is 0. The van der Waals surface area contributed by atoms with Gasteiger partial charge in [-0.1, -0.05) is 0 Å². The Bertz CT molecular complexity index is 523. The first kappa shape index (κ1) is 12.6. The predicted molar refractivity (Wildman–Crippen MR) is 62.6 cm³/mol. The zero-order valence-corrected chi connectivity index (χ0v) is 9.50. The van der Waals surface area contributed by atoms with Crippen LogP contribution < -0.4 is 4.90 Å². The molecule has 2 heterocycles. The summed E-state index contributed by atoms with van der Waals surface area (Å²) in [5.41, 5.74) is 0.995. The molecule has 0 aliphatic heterocycles. The van der Waals surface area contributed by atoms with Crippen molar-refractivity contribution in [1.82, 2.24) is 15.0 Å². The summed E-state index contributed by atoms with van der Waals surface area (Å²) in [4.78, 5) is 13.5. The van der Waals surface area contributed by atoms with Crippen LogP contribution in [0.1, 0.15) is 0 Å². The molecule has 0 atom stereocenters. The summed E-state index contributed by atoms with van der Waals surface area (Å²) in [7, 11) is 0. The van der Waals surface area contributed by atoms with Crippen molar-refractivity contribution in [3.05, 3.63) is 24.5 Å². The highest BCUT2D eigenvalue weighted by atomic mass is 19.3. The van der Waals surface area contributed by atoms with Crippen molar-refractivity contribution in [1.29, 1.82) is 0 Å². The Labute approximate surface area is 102 Å². The summed E-state index contributed by atoms with van der Waals surface area (Å²) in [6.45, 7) is -0.588. The van der Waals surface area contributed by atoms with Gasteiger partial charge in [0.1, 0.15) is 11.3 Å². The minimum Gasteiger partial charge on any atom is -0.395 e. The number of hydrogen-bond acceptors (Lipinski definition) is 5. The average molecular weight is 254 g/mol. The van der Waals surface area contributed by atoms with E-state index in [1.54, 1.807) is 12.1 Å². The van der Waals surface area contributed by atoms with Gasteiger partial charge in [-0.25, -0.2) is 18.7 Å². The van der Waals surface area contributed by atoms with Gasteiger partial charge < -0.3 is 10.0 Å². The number of alkyl halides is 2. The molecule has 2 rings (SSSR count). The quantitative estimate of drug-likeness (QED) is 0.865. The minimum atomic E-state index is -2.49. The lowest BCUT2D eigenvalue weighted by Crippen LogP contribution is -2.32. The van der Waals surface area contributed by atoms with Crippen molar-refractivity contribution in [2.75, 3.05) is 24.6 Å². The van der Waals surface area contributed by atoms with Crippen molar-refractivity contribution in [3.63, 3.8) is 0 Å². The van der Waals surface area contributed by atoms with Crippen LogP contribution in [0.2, 0.25) is 0 Å². The number of anilines is 1. The lowest BCUT2D eigenvalue weighted by atomic mass is 10.3. The largest absolute Gasteiger partial charge is 0.395 e. The van der Waals surface area contributed by atoms with E-state index in [9.17, 15) is 8.78 Å². The predicted octanol–water partition coefficient (Wildman–Crippen LogP) is 1.09. The molecule has 0 bridgehead atoms. The highest BCUT2D eigenvalue weighted by Crippen LogP contribution is 2.15. The zero-order chi connectivity index (χ0) is 13.0. The van der Waals surface area contributed by atoms with E-state index in [0.717, 1.165) is 0 Å². The van der Waals surface area contributed by atoms with Crippen LogP contribution in [0.15, 0.2) is 24.5 Å². The molecule has 0 radical (unpaired) electrons. The molecule has 18 heavy (non-hydrogen) atoms. The van der Waals surface area contributed by atoms with Crippen molar-refractivity contribution < 1.29 is 13.9 Å². The van der Waals surface area contributed by atoms with Crippen LogP contribution in [0, 0.1) is 0 Å². The Balaban J connectivity index is 2.31. The van der Waals surface area contributed by atoms with E-state index in [0.29, 0.717) is 17.0 Å². The number of aliphatic hydroxyl groups is 1. The number of fused-ring (bicyclic) bond motifs is 1. The third kappa shape index (κ3) is 2.86. The van der Waals surface area contributed by atoms with Crippen LogP contribution in [-0.2, 0) is 0 Å². The maximum Gasteiger partial charge on any atom is 0.255 e. The SMILES string of the molecule is OCCN(CC(F)F)c1ccc2nccnc2n1. The molecule has 0 saturated heterocycles. The van der Waals surface area contributed by atoms with E-state index in [2.05, 4.69) is 15.0 Å². The van der Waals surface area contributed by atoms with E-state index in [1.807, 2.05) is 0 Å². The molecular formula is C11H12F2N4O. The lowest BCUT2D eigenvalue weighted by molar-refractivity contribution is 0.152. The number of pyridine rings is 1. The van der Waals surface area contributed by atoms with Crippen molar-refractivity contribution in [2.24, 2.45) is 0 Å². The van der Waals surface area contributed by atoms with Crippen molar-refractivity contribution in [2.45, 2.75) is 6.43 Å². The van der Waals surface area contributed by atoms with Gasteiger partial charge in [-0.15, -0.1) is 0 Å². The first-order valence-corrected chi connectivity index (χ1v) is 5.42. The van der Waals surface area contributed by atoms with E-state index < -0.39 is 13.0 Å². The van der Waals surface area contributed by atoms with Gasteiger partial charge in [-0.3, -0.25) is 4.98 Å². The number of aliphatic hydroxyl groups excluding tert-OH is 1. The normalized spacial score (nSPS) is 11.1. The third-order valence-electron chi connectivity index (χ3n) is 2.37. The van der Waals surface area contributed by atoms with Gasteiger partial charge >= 0.3 is 0 Å². The van der Waals surface area contributed by atoms with Gasteiger partial charge in [0.2, 0.25) is 0 Å². The molecule has 0 fully saturated rings. The maximum atomic E-state index is 12.4. The Hall–Kier alpha value is -1.89. The number of aromatic nitrogens is 3. The second-order valence-electron chi connectivity index (χ2n) is 3.63. The maximum absolute atomic E-state index is 12.4. The molecule has 96 valence electrons. The zero-order valence-electron chi connectivity index (χ0n) is 9.50. The third-order valence-corrected chi connectivity index (χ3v) is 2.37. The number of hydrogen-bond donors (Lipinski definition) is 1. The summed E-state index contributed by atoms with van der Waals surface area (Å²) in [6, 6.07) is 3.26. The van der Waals surface area contributed by atoms with Gasteiger partial charge in [-0.2, -0.15) is 0 Å². The van der Waals surface area contributed by atoms with Gasteiger partial charge in [0.15, 0.2) is 5.65 Å². The second kappa shape index (κ2) is 5.63. The first-order chi connectivity index (χ1) is 8.70. The molecular weight excluding hydrogens is 242 g/mol. The van der Waals surface area contributed by atoms with Crippen LogP contribution in [0.3, 0.4) is 0 Å². The Morgan fingerprint density at radius 1 is 1.22 bits per heavy atom. The minimum absolute atomic E-state index is 0.100. The summed E-state index contributed by atoms with van der Waals surface area (Å²) in [5, 5.41) is 8.88. The van der Waals surface area contributed by atoms with E-state index in [1.165, 1.54) is 17.3 Å². The lowest BCUT2D eigenvalue weighted by Gasteiger charge is -2.22. The number of rotatable bonds is 5. The van der Waals surface area contributed by atoms with E-state index in [-0.39, 0.29) is 13.2 Å². The average Bonchev–Trinajstić information content (AvgIpc) is 2.37. The monoisotopic (exact) mass is 254 g/mol. The van der Waals surface area contributed by atoms with E-state index in [4.69, 9.17) is 5.11 Å². The van der Waals surface area contributed by atoms with Gasteiger partial charge in [0.05, 0.1) is 13.2 Å². The molecule has 0 saturated carbocycles. The van der Waals surface area contributed by atoms with Gasteiger partial charge in [0, 0.05) is 18.9 Å². The smallest absolute Gasteiger partial charge is 0.255 e. The van der Waals surface area contributed by atoms with Crippen LogP contribution >= 0.6 is 0 Å². The van der Waals surface area contributed by atoms with E-state index >= 15 is 0 Å². The Morgan fingerprint density at radius 3 is 2.72 bits per heavy atom. The molecule has 0 unspecified atom stereocenters. The molecule has 0 amide bonds. The standard InChI is InChI=1S/C11H12F2N4O/c12-9(13)7-17(5-6-18)10-2-1-8-11(16-10)15-4-3-14-8/h1-4,9,18H,5-7H2.